The molecule has 0 aliphatic carbocycles. The summed E-state index contributed by atoms with van der Waals surface area (Å²) in [5.74, 6) is -1.51. The van der Waals surface area contributed by atoms with E-state index in [1.54, 1.807) is 12.1 Å². The van der Waals surface area contributed by atoms with Crippen LogP contribution in [0.4, 0.5) is 15.9 Å². The molecule has 0 unspecified atom stereocenters. The highest BCUT2D eigenvalue weighted by Crippen LogP contribution is 2.35. The van der Waals surface area contributed by atoms with E-state index in [9.17, 15) is 14.0 Å². The number of carbonyl (C=O) groups is 2. The van der Waals surface area contributed by atoms with Crippen molar-refractivity contribution in [1.29, 1.82) is 10.8 Å². The summed E-state index contributed by atoms with van der Waals surface area (Å²) in [6.07, 6.45) is 1.03. The number of carbonyl (C=O) groups excluding carboxylic acids is 2. The Hall–Kier alpha value is -3.82. The van der Waals surface area contributed by atoms with Gasteiger partial charge in [-0.15, -0.1) is 0 Å². The van der Waals surface area contributed by atoms with E-state index in [-0.39, 0.29) is 53.3 Å². The minimum Gasteiger partial charge on any atom is -0.481 e. The van der Waals surface area contributed by atoms with E-state index in [0.29, 0.717) is 5.69 Å². The van der Waals surface area contributed by atoms with Gasteiger partial charge in [-0.3, -0.25) is 20.4 Å². The second-order valence-corrected chi connectivity index (χ2v) is 7.79. The highest BCUT2D eigenvalue weighted by Gasteiger charge is 2.30. The van der Waals surface area contributed by atoms with Gasteiger partial charge < -0.3 is 19.9 Å². The zero-order valence-corrected chi connectivity index (χ0v) is 18.3. The molecule has 9 nitrogen and oxygen atoms in total. The number of hydrogen-bond acceptors (Lipinski definition) is 6. The Bertz CT molecular complexity index is 1090. The van der Waals surface area contributed by atoms with E-state index in [4.69, 9.17) is 15.6 Å². The first kappa shape index (κ1) is 22.9. The van der Waals surface area contributed by atoms with E-state index >= 15 is 0 Å². The molecule has 0 spiro atoms. The molecule has 0 fully saturated rings. The smallest absolute Gasteiger partial charge is 0.265 e. The van der Waals surface area contributed by atoms with Gasteiger partial charge in [0.25, 0.3) is 11.8 Å². The fourth-order valence-corrected chi connectivity index (χ4v) is 3.35. The molecule has 3 rings (SSSR count). The number of anilines is 2. The summed E-state index contributed by atoms with van der Waals surface area (Å²) in [5.41, 5.74) is 0.305. The van der Waals surface area contributed by atoms with Gasteiger partial charge in [0.15, 0.2) is 12.4 Å². The first-order chi connectivity index (χ1) is 15.1. The molecular weight excluding hydrogens is 415 g/mol. The van der Waals surface area contributed by atoms with Gasteiger partial charge in [-0.05, 0) is 45.9 Å². The molecule has 2 heterocycles. The summed E-state index contributed by atoms with van der Waals surface area (Å²) in [6, 6.07) is 6.76. The third-order valence-electron chi connectivity index (χ3n) is 4.88. The van der Waals surface area contributed by atoms with Crippen LogP contribution in [-0.2, 0) is 4.79 Å². The molecular formula is C22H25FN6O3. The average molecular weight is 440 g/mol. The average Bonchev–Trinajstić information content (AvgIpc) is 2.73. The van der Waals surface area contributed by atoms with Crippen LogP contribution in [0.1, 0.15) is 43.7 Å². The van der Waals surface area contributed by atoms with Crippen molar-refractivity contribution >= 4 is 35.5 Å². The lowest BCUT2D eigenvalue weighted by atomic mass is 10.1. The van der Waals surface area contributed by atoms with Gasteiger partial charge in [0, 0.05) is 18.2 Å². The molecule has 2 aromatic rings. The number of pyridine rings is 1. The van der Waals surface area contributed by atoms with Crippen molar-refractivity contribution in [3.05, 3.63) is 47.4 Å². The first-order valence-corrected chi connectivity index (χ1v) is 10.1. The van der Waals surface area contributed by atoms with E-state index in [2.05, 4.69) is 10.3 Å². The molecule has 1 aliphatic heterocycles. The molecule has 1 aromatic heterocycles. The van der Waals surface area contributed by atoms with Gasteiger partial charge in [-0.1, -0.05) is 6.07 Å². The van der Waals surface area contributed by atoms with Gasteiger partial charge in [-0.2, -0.15) is 0 Å². The van der Waals surface area contributed by atoms with Gasteiger partial charge in [0.2, 0.25) is 0 Å². The predicted octanol–water partition coefficient (Wildman–Crippen LogP) is 3.25. The number of rotatable bonds is 6. The quantitative estimate of drug-likeness (QED) is 0.470. The largest absolute Gasteiger partial charge is 0.481 e. The number of amidine groups is 1. The summed E-state index contributed by atoms with van der Waals surface area (Å²) >= 11 is 0. The molecule has 2 amide bonds. The van der Waals surface area contributed by atoms with Gasteiger partial charge in [0.05, 0.1) is 17.6 Å². The molecule has 0 atom stereocenters. The SMILES string of the molecule is CC(C)N(C=N)C(=N)c1cccc(NC(=O)c2cc3c(cc2F)OCC(=O)N3C(C)C)n1. The van der Waals surface area contributed by atoms with Crippen molar-refractivity contribution in [2.24, 2.45) is 0 Å². The van der Waals surface area contributed by atoms with Crippen LogP contribution in [-0.4, -0.2) is 52.6 Å². The van der Waals surface area contributed by atoms with Crippen LogP contribution in [0.15, 0.2) is 30.3 Å². The van der Waals surface area contributed by atoms with Crippen molar-refractivity contribution in [2.75, 3.05) is 16.8 Å². The van der Waals surface area contributed by atoms with Crippen LogP contribution in [0.25, 0.3) is 0 Å². The highest BCUT2D eigenvalue weighted by molar-refractivity contribution is 6.07. The Morgan fingerprint density at radius 3 is 2.66 bits per heavy atom. The number of nitrogens with zero attached hydrogens (tertiary/aromatic N) is 3. The van der Waals surface area contributed by atoms with E-state index < -0.39 is 11.7 Å². The standard InChI is InChI=1S/C22H25FN6O3/c1-12(2)28(11-24)21(25)16-6-5-7-19(26-16)27-22(31)14-8-17-18(9-15(14)23)32-10-20(30)29(17)13(3)4/h5-9,11-13,24-25H,10H2,1-4H3,(H,26,27,31). The fraction of sp³-hybridized carbons (Fsp3) is 0.318. The molecule has 3 N–H and O–H groups in total. The lowest BCUT2D eigenvalue weighted by Crippen LogP contribution is -2.43. The third-order valence-corrected chi connectivity index (χ3v) is 4.88. The van der Waals surface area contributed by atoms with E-state index in [1.807, 2.05) is 27.7 Å². The Morgan fingerprint density at radius 1 is 1.31 bits per heavy atom. The van der Waals surface area contributed by atoms with Gasteiger partial charge in [-0.25, -0.2) is 9.37 Å². The highest BCUT2D eigenvalue weighted by atomic mass is 19.1. The molecule has 0 radical (unpaired) electrons. The number of nitrogens with one attached hydrogen (secondary N) is 3. The van der Waals surface area contributed by atoms with Crippen LogP contribution < -0.4 is 15.0 Å². The zero-order valence-electron chi connectivity index (χ0n) is 18.3. The monoisotopic (exact) mass is 440 g/mol. The number of aromatic nitrogens is 1. The maximum Gasteiger partial charge on any atom is 0.265 e. The Morgan fingerprint density at radius 2 is 2.03 bits per heavy atom. The molecule has 1 aromatic carbocycles. The van der Waals surface area contributed by atoms with Crippen LogP contribution >= 0.6 is 0 Å². The second-order valence-electron chi connectivity index (χ2n) is 7.79. The molecule has 0 saturated heterocycles. The summed E-state index contributed by atoms with van der Waals surface area (Å²) in [7, 11) is 0. The van der Waals surface area contributed by atoms with Gasteiger partial charge >= 0.3 is 0 Å². The van der Waals surface area contributed by atoms with Crippen molar-refractivity contribution in [1.82, 2.24) is 9.88 Å². The Balaban J connectivity index is 1.89. The van der Waals surface area contributed by atoms with Crippen LogP contribution in [0.2, 0.25) is 0 Å². The maximum absolute atomic E-state index is 14.7. The molecule has 32 heavy (non-hydrogen) atoms. The van der Waals surface area contributed by atoms with Crippen molar-refractivity contribution < 1.29 is 18.7 Å². The number of amides is 2. The number of benzene rings is 1. The Kier molecular flexibility index (Phi) is 6.52. The van der Waals surface area contributed by atoms with Crippen molar-refractivity contribution in [3.8, 4) is 5.75 Å². The molecule has 0 saturated carbocycles. The number of ether oxygens (including phenoxy) is 1. The van der Waals surface area contributed by atoms with E-state index in [0.717, 1.165) is 12.4 Å². The normalized spacial score (nSPS) is 13.0. The lowest BCUT2D eigenvalue weighted by Gasteiger charge is -2.32. The molecule has 0 bridgehead atoms. The molecule has 10 heteroatoms. The number of hydrogen-bond donors (Lipinski definition) is 3. The van der Waals surface area contributed by atoms with E-state index in [1.165, 1.54) is 21.9 Å². The summed E-state index contributed by atoms with van der Waals surface area (Å²) < 4.78 is 20.0. The number of halogens is 1. The molecule has 168 valence electrons. The Labute approximate surface area is 185 Å². The summed E-state index contributed by atoms with van der Waals surface area (Å²) in [4.78, 5) is 32.2. The minimum atomic E-state index is -0.794. The van der Waals surface area contributed by atoms with Gasteiger partial charge in [0.1, 0.15) is 23.1 Å². The summed E-state index contributed by atoms with van der Waals surface area (Å²) in [5, 5.41) is 18.3. The topological polar surface area (TPSA) is 122 Å². The van der Waals surface area contributed by atoms with Crippen molar-refractivity contribution in [3.63, 3.8) is 0 Å². The molecule has 1 aliphatic rings. The van der Waals surface area contributed by atoms with Crippen LogP contribution in [0, 0.1) is 16.6 Å². The van der Waals surface area contributed by atoms with Crippen LogP contribution in [0.5, 0.6) is 5.75 Å². The summed E-state index contributed by atoms with van der Waals surface area (Å²) in [6.45, 7) is 7.10. The zero-order chi connectivity index (χ0) is 23.6. The lowest BCUT2D eigenvalue weighted by molar-refractivity contribution is -0.121. The predicted molar refractivity (Wildman–Crippen MR) is 119 cm³/mol. The number of fused-ring (bicyclic) bond motifs is 1. The third kappa shape index (κ3) is 4.43. The van der Waals surface area contributed by atoms with Crippen LogP contribution in [0.3, 0.4) is 0 Å². The minimum absolute atomic E-state index is 0.00528. The van der Waals surface area contributed by atoms with Crippen molar-refractivity contribution in [2.45, 2.75) is 39.8 Å². The first-order valence-electron chi connectivity index (χ1n) is 10.1. The fourth-order valence-electron chi connectivity index (χ4n) is 3.35. The maximum atomic E-state index is 14.7. The second kappa shape index (κ2) is 9.13.